The number of unbranched alkanes of at least 4 members (excludes halogenated alkanes) is 10. The molecule has 0 saturated carbocycles. The van der Waals surface area contributed by atoms with Gasteiger partial charge in [-0.3, -0.25) is 0 Å². The monoisotopic (exact) mass is 386 g/mol. The number of ether oxygens (including phenoxy) is 2. The van der Waals surface area contributed by atoms with Gasteiger partial charge in [-0.1, -0.05) is 64.0 Å². The normalized spacial score (nSPS) is 24.1. The molecule has 0 aromatic heterocycles. The Morgan fingerprint density at radius 3 is 2.07 bits per heavy atom. The van der Waals surface area contributed by atoms with Crippen LogP contribution in [-0.4, -0.2) is 59.6 Å². The van der Waals surface area contributed by atoms with Gasteiger partial charge in [0.25, 0.3) is 0 Å². The van der Waals surface area contributed by atoms with Crippen molar-refractivity contribution in [3.8, 4) is 0 Å². The first-order chi connectivity index (χ1) is 13.2. The molecule has 0 unspecified atom stereocenters. The molecule has 0 aromatic carbocycles. The van der Waals surface area contributed by atoms with Gasteiger partial charge < -0.3 is 24.8 Å². The molecule has 5 nitrogen and oxygen atoms in total. The SMILES string of the molecule is CCCCCCCCCC/C=C/CCCCO[C@@H](CO)[C@H]1OC[C@@H](O)[C@H]1O. The van der Waals surface area contributed by atoms with Crippen LogP contribution in [-0.2, 0) is 9.47 Å². The van der Waals surface area contributed by atoms with E-state index in [0.717, 1.165) is 19.3 Å². The topological polar surface area (TPSA) is 79.2 Å². The van der Waals surface area contributed by atoms with Crippen LogP contribution in [0.1, 0.15) is 84.0 Å². The Bertz CT molecular complexity index is 361. The Balaban J connectivity index is 1.91. The van der Waals surface area contributed by atoms with Crippen LogP contribution in [0.15, 0.2) is 12.2 Å². The highest BCUT2D eigenvalue weighted by Crippen LogP contribution is 2.19. The average molecular weight is 387 g/mol. The molecule has 3 N–H and O–H groups in total. The van der Waals surface area contributed by atoms with E-state index in [-0.39, 0.29) is 13.2 Å². The average Bonchev–Trinajstić information content (AvgIpc) is 3.00. The molecule has 27 heavy (non-hydrogen) atoms. The van der Waals surface area contributed by atoms with Crippen molar-refractivity contribution in [3.05, 3.63) is 12.2 Å². The van der Waals surface area contributed by atoms with E-state index in [0.29, 0.717) is 6.61 Å². The molecule has 1 aliphatic heterocycles. The van der Waals surface area contributed by atoms with Crippen LogP contribution in [0.2, 0.25) is 0 Å². The summed E-state index contributed by atoms with van der Waals surface area (Å²) in [5.41, 5.74) is 0. The first-order valence-corrected chi connectivity index (χ1v) is 11.1. The molecule has 0 spiro atoms. The Kier molecular flexibility index (Phi) is 15.0. The lowest BCUT2D eigenvalue weighted by atomic mass is 10.1. The zero-order valence-electron chi connectivity index (χ0n) is 17.2. The molecule has 1 aliphatic rings. The molecule has 0 radical (unpaired) electrons. The van der Waals surface area contributed by atoms with E-state index in [2.05, 4.69) is 19.1 Å². The maximum absolute atomic E-state index is 9.81. The minimum atomic E-state index is -0.985. The summed E-state index contributed by atoms with van der Waals surface area (Å²) >= 11 is 0. The van der Waals surface area contributed by atoms with Crippen LogP contribution < -0.4 is 0 Å². The third kappa shape index (κ3) is 11.2. The quantitative estimate of drug-likeness (QED) is 0.262. The maximum Gasteiger partial charge on any atom is 0.114 e. The fourth-order valence-electron chi connectivity index (χ4n) is 3.44. The lowest BCUT2D eigenvalue weighted by molar-refractivity contribution is -0.101. The van der Waals surface area contributed by atoms with Crippen LogP contribution in [0.25, 0.3) is 0 Å². The predicted molar refractivity (Wildman–Crippen MR) is 109 cm³/mol. The molecule has 1 rings (SSSR count). The highest BCUT2D eigenvalue weighted by atomic mass is 16.6. The summed E-state index contributed by atoms with van der Waals surface area (Å²) < 4.78 is 10.9. The van der Waals surface area contributed by atoms with Crippen molar-refractivity contribution in [2.75, 3.05) is 19.8 Å². The minimum absolute atomic E-state index is 0.0926. The molecule has 0 bridgehead atoms. The number of allylic oxidation sites excluding steroid dienone is 2. The van der Waals surface area contributed by atoms with Gasteiger partial charge in [-0.2, -0.15) is 0 Å². The highest BCUT2D eigenvalue weighted by Gasteiger charge is 2.40. The second-order valence-electron chi connectivity index (χ2n) is 7.68. The van der Waals surface area contributed by atoms with E-state index in [1.807, 2.05) is 0 Å². The van der Waals surface area contributed by atoms with Crippen LogP contribution >= 0.6 is 0 Å². The molecule has 1 heterocycles. The summed E-state index contributed by atoms with van der Waals surface area (Å²) in [5, 5.41) is 28.7. The first-order valence-electron chi connectivity index (χ1n) is 11.1. The minimum Gasteiger partial charge on any atom is -0.394 e. The molecule has 1 fully saturated rings. The van der Waals surface area contributed by atoms with Gasteiger partial charge in [-0.15, -0.1) is 0 Å². The third-order valence-electron chi connectivity index (χ3n) is 5.22. The summed E-state index contributed by atoms with van der Waals surface area (Å²) in [4.78, 5) is 0. The Hall–Kier alpha value is -0.460. The van der Waals surface area contributed by atoms with E-state index in [4.69, 9.17) is 9.47 Å². The van der Waals surface area contributed by atoms with Gasteiger partial charge in [0.2, 0.25) is 0 Å². The van der Waals surface area contributed by atoms with Crippen molar-refractivity contribution in [1.82, 2.24) is 0 Å². The second-order valence-corrected chi connectivity index (χ2v) is 7.68. The highest BCUT2D eigenvalue weighted by molar-refractivity contribution is 4.88. The van der Waals surface area contributed by atoms with Crippen LogP contribution in [0.4, 0.5) is 0 Å². The number of rotatable bonds is 17. The molecule has 160 valence electrons. The maximum atomic E-state index is 9.81. The molecule has 4 atom stereocenters. The van der Waals surface area contributed by atoms with E-state index < -0.39 is 24.4 Å². The zero-order chi connectivity index (χ0) is 19.7. The molecular formula is C22H42O5. The largest absolute Gasteiger partial charge is 0.394 e. The van der Waals surface area contributed by atoms with Crippen molar-refractivity contribution >= 4 is 0 Å². The molecule has 0 aliphatic carbocycles. The molecule has 5 heteroatoms. The number of hydrogen-bond donors (Lipinski definition) is 3. The standard InChI is InChI=1S/C22H42O5/c1-2-3-4-5-6-7-8-9-10-11-12-13-14-15-16-26-20(17-23)22-21(25)19(24)18-27-22/h11-12,19-25H,2-10,13-18H2,1H3/b12-11+/t19-,20+,21-,22-/m1/s1. The van der Waals surface area contributed by atoms with Gasteiger partial charge in [0, 0.05) is 6.61 Å². The summed E-state index contributed by atoms with van der Waals surface area (Å²) in [6, 6.07) is 0. The summed E-state index contributed by atoms with van der Waals surface area (Å²) in [5.74, 6) is 0. The van der Waals surface area contributed by atoms with Crippen molar-refractivity contribution in [3.63, 3.8) is 0 Å². The fourth-order valence-corrected chi connectivity index (χ4v) is 3.44. The van der Waals surface area contributed by atoms with E-state index in [1.54, 1.807) is 0 Å². The van der Waals surface area contributed by atoms with E-state index in [9.17, 15) is 15.3 Å². The molecular weight excluding hydrogens is 344 g/mol. The van der Waals surface area contributed by atoms with Gasteiger partial charge in [-0.25, -0.2) is 0 Å². The summed E-state index contributed by atoms with van der Waals surface area (Å²) in [6.45, 7) is 2.66. The van der Waals surface area contributed by atoms with Crippen LogP contribution in [0.5, 0.6) is 0 Å². The number of aliphatic hydroxyl groups excluding tert-OH is 3. The summed E-state index contributed by atoms with van der Waals surface area (Å²) in [6.07, 6.45) is 16.5. The smallest absolute Gasteiger partial charge is 0.114 e. The fraction of sp³-hybridized carbons (Fsp3) is 0.909. The van der Waals surface area contributed by atoms with Crippen molar-refractivity contribution in [1.29, 1.82) is 0 Å². The van der Waals surface area contributed by atoms with Gasteiger partial charge in [0.05, 0.1) is 13.2 Å². The van der Waals surface area contributed by atoms with Crippen molar-refractivity contribution in [2.45, 2.75) is 108 Å². The number of hydrogen-bond acceptors (Lipinski definition) is 5. The van der Waals surface area contributed by atoms with Crippen molar-refractivity contribution in [2.24, 2.45) is 0 Å². The molecule has 0 amide bonds. The van der Waals surface area contributed by atoms with Gasteiger partial charge in [0.15, 0.2) is 0 Å². The van der Waals surface area contributed by atoms with E-state index >= 15 is 0 Å². The Morgan fingerprint density at radius 1 is 0.926 bits per heavy atom. The van der Waals surface area contributed by atoms with Crippen LogP contribution in [0.3, 0.4) is 0 Å². The summed E-state index contributed by atoms with van der Waals surface area (Å²) in [7, 11) is 0. The Morgan fingerprint density at radius 2 is 1.52 bits per heavy atom. The molecule has 0 aromatic rings. The second kappa shape index (κ2) is 16.5. The van der Waals surface area contributed by atoms with E-state index in [1.165, 1.54) is 57.8 Å². The number of aliphatic hydroxyl groups is 3. The third-order valence-corrected chi connectivity index (χ3v) is 5.22. The van der Waals surface area contributed by atoms with Gasteiger partial charge >= 0.3 is 0 Å². The predicted octanol–water partition coefficient (Wildman–Crippen LogP) is 3.74. The lowest BCUT2D eigenvalue weighted by Gasteiger charge is -2.24. The van der Waals surface area contributed by atoms with Gasteiger partial charge in [-0.05, 0) is 32.1 Å². The Labute approximate surface area is 165 Å². The van der Waals surface area contributed by atoms with Crippen LogP contribution in [0, 0.1) is 0 Å². The molecule has 1 saturated heterocycles. The zero-order valence-corrected chi connectivity index (χ0v) is 17.2. The lowest BCUT2D eigenvalue weighted by Crippen LogP contribution is -2.42. The van der Waals surface area contributed by atoms with Gasteiger partial charge in [0.1, 0.15) is 24.4 Å². The first kappa shape index (κ1) is 24.6. The van der Waals surface area contributed by atoms with Crippen molar-refractivity contribution < 1.29 is 24.8 Å².